The Balaban J connectivity index is 2.92. The maximum atomic E-state index is 10.7. The van der Waals surface area contributed by atoms with E-state index < -0.39 is 0 Å². The largest absolute Gasteiger partial charge is 0.295 e. The molecule has 0 saturated carbocycles. The lowest BCUT2D eigenvalue weighted by Gasteiger charge is -1.99. The van der Waals surface area contributed by atoms with E-state index in [0.717, 1.165) is 5.56 Å². The van der Waals surface area contributed by atoms with Gasteiger partial charge in [-0.3, -0.25) is 4.79 Å². The van der Waals surface area contributed by atoms with Crippen LogP contribution in [-0.2, 0) is 4.79 Å². The summed E-state index contributed by atoms with van der Waals surface area (Å²) in [5.74, 6) is 0.0817. The number of allylic oxidation sites excluding steroid dienone is 1. The number of aryl methyl sites for hydroxylation is 2. The molecule has 0 saturated heterocycles. The van der Waals surface area contributed by atoms with Crippen LogP contribution in [0.5, 0.6) is 0 Å². The first-order valence-corrected chi connectivity index (χ1v) is 4.35. The van der Waals surface area contributed by atoms with E-state index >= 15 is 0 Å². The van der Waals surface area contributed by atoms with Crippen molar-refractivity contribution < 1.29 is 4.79 Å². The third-order valence-corrected chi connectivity index (χ3v) is 2.04. The molecular formula is C12H14O. The monoisotopic (exact) mass is 174 g/mol. The van der Waals surface area contributed by atoms with Crippen molar-refractivity contribution in [1.29, 1.82) is 0 Å². The zero-order chi connectivity index (χ0) is 9.84. The van der Waals surface area contributed by atoms with Gasteiger partial charge in [0.05, 0.1) is 0 Å². The molecule has 13 heavy (non-hydrogen) atoms. The van der Waals surface area contributed by atoms with Crippen LogP contribution in [0.1, 0.15) is 23.6 Å². The second-order valence-electron chi connectivity index (χ2n) is 3.29. The van der Waals surface area contributed by atoms with Crippen LogP contribution < -0.4 is 0 Å². The van der Waals surface area contributed by atoms with Crippen molar-refractivity contribution in [2.75, 3.05) is 0 Å². The summed E-state index contributed by atoms with van der Waals surface area (Å²) in [6.45, 7) is 5.70. The molecule has 1 rings (SSSR count). The second kappa shape index (κ2) is 4.04. The first kappa shape index (κ1) is 9.72. The van der Waals surface area contributed by atoms with Crippen molar-refractivity contribution in [2.45, 2.75) is 20.8 Å². The number of ketones is 1. The normalized spacial score (nSPS) is 10.7. The molecular weight excluding hydrogens is 160 g/mol. The third-order valence-electron chi connectivity index (χ3n) is 2.04. The molecule has 1 heteroatoms. The van der Waals surface area contributed by atoms with Gasteiger partial charge in [0.1, 0.15) is 0 Å². The Bertz CT molecular complexity index is 348. The molecule has 1 nitrogen and oxygen atoms in total. The molecule has 0 bridgehead atoms. The summed E-state index contributed by atoms with van der Waals surface area (Å²) >= 11 is 0. The molecule has 0 amide bonds. The fourth-order valence-electron chi connectivity index (χ4n) is 1.08. The summed E-state index contributed by atoms with van der Waals surface area (Å²) in [5.41, 5.74) is 3.61. The van der Waals surface area contributed by atoms with Crippen molar-refractivity contribution in [3.05, 3.63) is 41.0 Å². The van der Waals surface area contributed by atoms with Gasteiger partial charge in [-0.25, -0.2) is 0 Å². The Morgan fingerprint density at radius 3 is 2.46 bits per heavy atom. The van der Waals surface area contributed by atoms with Gasteiger partial charge < -0.3 is 0 Å². The van der Waals surface area contributed by atoms with Crippen molar-refractivity contribution in [2.24, 2.45) is 0 Å². The van der Waals surface area contributed by atoms with Crippen LogP contribution in [0.25, 0.3) is 6.08 Å². The highest BCUT2D eigenvalue weighted by atomic mass is 16.1. The third kappa shape index (κ3) is 2.86. The smallest absolute Gasteiger partial charge is 0.152 e. The van der Waals surface area contributed by atoms with Crippen LogP contribution in [0.2, 0.25) is 0 Å². The average molecular weight is 174 g/mol. The number of benzene rings is 1. The molecule has 0 aliphatic carbocycles. The lowest BCUT2D eigenvalue weighted by atomic mass is 10.1. The predicted molar refractivity (Wildman–Crippen MR) is 55.6 cm³/mol. The summed E-state index contributed by atoms with van der Waals surface area (Å²) in [4.78, 5) is 10.7. The highest BCUT2D eigenvalue weighted by Crippen LogP contribution is 2.10. The fraction of sp³-hybridized carbons (Fsp3) is 0.250. The minimum absolute atomic E-state index is 0.0817. The Kier molecular flexibility index (Phi) is 3.02. The van der Waals surface area contributed by atoms with Gasteiger partial charge in [-0.1, -0.05) is 24.3 Å². The lowest BCUT2D eigenvalue weighted by Crippen LogP contribution is -1.83. The van der Waals surface area contributed by atoms with Crippen molar-refractivity contribution >= 4 is 11.9 Å². The number of carbonyl (C=O) groups is 1. The van der Waals surface area contributed by atoms with E-state index in [1.807, 2.05) is 12.1 Å². The molecule has 0 spiro atoms. The summed E-state index contributed by atoms with van der Waals surface area (Å²) in [6, 6.07) is 6.16. The zero-order valence-corrected chi connectivity index (χ0v) is 8.29. The molecule has 0 radical (unpaired) electrons. The molecule has 0 atom stereocenters. The molecule has 0 N–H and O–H groups in total. The molecule has 0 aliphatic heterocycles. The average Bonchev–Trinajstić information content (AvgIpc) is 2.07. The molecule has 68 valence electrons. The number of hydrogen-bond acceptors (Lipinski definition) is 1. The SMILES string of the molecule is CC(=O)C=Cc1ccc(C)c(C)c1. The molecule has 0 unspecified atom stereocenters. The van der Waals surface area contributed by atoms with E-state index in [9.17, 15) is 4.79 Å². The number of carbonyl (C=O) groups excluding carboxylic acids is 1. The van der Waals surface area contributed by atoms with Crippen LogP contribution in [0.4, 0.5) is 0 Å². The van der Waals surface area contributed by atoms with E-state index in [4.69, 9.17) is 0 Å². The Morgan fingerprint density at radius 2 is 1.92 bits per heavy atom. The minimum Gasteiger partial charge on any atom is -0.295 e. The molecule has 1 aromatic carbocycles. The predicted octanol–water partition coefficient (Wildman–Crippen LogP) is 2.91. The number of hydrogen-bond donors (Lipinski definition) is 0. The van der Waals surface area contributed by atoms with Gasteiger partial charge in [-0.05, 0) is 43.5 Å². The van der Waals surface area contributed by atoms with Gasteiger partial charge >= 0.3 is 0 Å². The van der Waals surface area contributed by atoms with Gasteiger partial charge in [-0.15, -0.1) is 0 Å². The summed E-state index contributed by atoms with van der Waals surface area (Å²) in [7, 11) is 0. The highest BCUT2D eigenvalue weighted by Gasteiger charge is 1.92. The lowest BCUT2D eigenvalue weighted by molar-refractivity contribution is -0.112. The van der Waals surface area contributed by atoms with Gasteiger partial charge in [0.2, 0.25) is 0 Å². The summed E-state index contributed by atoms with van der Waals surface area (Å²) in [5, 5.41) is 0. The van der Waals surface area contributed by atoms with Crippen LogP contribution in [0.15, 0.2) is 24.3 Å². The Labute approximate surface area is 79.1 Å². The van der Waals surface area contributed by atoms with E-state index in [1.54, 1.807) is 13.0 Å². The quantitative estimate of drug-likeness (QED) is 0.630. The maximum absolute atomic E-state index is 10.7. The molecule has 0 heterocycles. The van der Waals surface area contributed by atoms with Gasteiger partial charge in [0, 0.05) is 0 Å². The summed E-state index contributed by atoms with van der Waals surface area (Å²) < 4.78 is 0. The molecule has 0 fully saturated rings. The van der Waals surface area contributed by atoms with Crippen LogP contribution in [-0.4, -0.2) is 5.78 Å². The first-order chi connectivity index (χ1) is 6.09. The minimum atomic E-state index is 0.0817. The van der Waals surface area contributed by atoms with Crippen LogP contribution in [0.3, 0.4) is 0 Å². The molecule has 0 aliphatic rings. The van der Waals surface area contributed by atoms with Crippen molar-refractivity contribution in [3.63, 3.8) is 0 Å². The zero-order valence-electron chi connectivity index (χ0n) is 8.29. The van der Waals surface area contributed by atoms with Gasteiger partial charge in [0.25, 0.3) is 0 Å². The Morgan fingerprint density at radius 1 is 1.23 bits per heavy atom. The topological polar surface area (TPSA) is 17.1 Å². The second-order valence-corrected chi connectivity index (χ2v) is 3.29. The van der Waals surface area contributed by atoms with Gasteiger partial charge in [0.15, 0.2) is 5.78 Å². The van der Waals surface area contributed by atoms with Gasteiger partial charge in [-0.2, -0.15) is 0 Å². The van der Waals surface area contributed by atoms with E-state index in [-0.39, 0.29) is 5.78 Å². The van der Waals surface area contributed by atoms with E-state index in [0.29, 0.717) is 0 Å². The van der Waals surface area contributed by atoms with Crippen molar-refractivity contribution in [3.8, 4) is 0 Å². The molecule has 1 aromatic rings. The van der Waals surface area contributed by atoms with E-state index in [1.165, 1.54) is 11.1 Å². The standard InChI is InChI=1S/C12H14O/c1-9-4-6-12(8-10(9)2)7-5-11(3)13/h4-8H,1-3H3. The van der Waals surface area contributed by atoms with Crippen molar-refractivity contribution in [1.82, 2.24) is 0 Å². The summed E-state index contributed by atoms with van der Waals surface area (Å²) in [6.07, 6.45) is 3.43. The van der Waals surface area contributed by atoms with Crippen LogP contribution >= 0.6 is 0 Å². The fourth-order valence-corrected chi connectivity index (χ4v) is 1.08. The molecule has 0 aromatic heterocycles. The Hall–Kier alpha value is -1.37. The van der Waals surface area contributed by atoms with E-state index in [2.05, 4.69) is 26.0 Å². The maximum Gasteiger partial charge on any atom is 0.152 e. The first-order valence-electron chi connectivity index (χ1n) is 4.35. The highest BCUT2D eigenvalue weighted by molar-refractivity contribution is 5.91. The number of rotatable bonds is 2. The van der Waals surface area contributed by atoms with Crippen LogP contribution in [0, 0.1) is 13.8 Å².